The molecule has 4 bridgehead atoms. The summed E-state index contributed by atoms with van der Waals surface area (Å²) in [6.45, 7) is 16.1. The average Bonchev–Trinajstić information content (AvgIpc) is 3.05. The summed E-state index contributed by atoms with van der Waals surface area (Å²) >= 11 is 0. The number of hydrogen-bond donors (Lipinski definition) is 1. The molecule has 10 nitrogen and oxygen atoms in total. The minimum Gasteiger partial charge on any atom is -0.475 e. The quantitative estimate of drug-likeness (QED) is 0.225. The molecule has 0 aliphatic carbocycles. The van der Waals surface area contributed by atoms with Gasteiger partial charge in [-0.05, 0) is 73.3 Å². The number of sulfonamides is 1. The maximum Gasteiger partial charge on any atom is 0.264 e. The number of ether oxygens (including phenoxy) is 1. The van der Waals surface area contributed by atoms with Crippen LogP contribution in [0.25, 0.3) is 11.3 Å². The van der Waals surface area contributed by atoms with Gasteiger partial charge in [0.25, 0.3) is 15.9 Å². The van der Waals surface area contributed by atoms with Gasteiger partial charge in [0.2, 0.25) is 11.8 Å². The fourth-order valence-corrected chi connectivity index (χ4v) is 7.81. The summed E-state index contributed by atoms with van der Waals surface area (Å²) in [7, 11) is -4.23. The maximum atomic E-state index is 16.0. The van der Waals surface area contributed by atoms with Crippen molar-refractivity contribution in [1.29, 1.82) is 0 Å². The normalized spacial score (nSPS) is 18.9. The summed E-state index contributed by atoms with van der Waals surface area (Å²) in [5.41, 5.74) is 4.14. The minimum absolute atomic E-state index is 0.00135. The number of fused-ring (bicyclic) bond motifs is 4. The highest BCUT2D eigenvalue weighted by Crippen LogP contribution is 2.34. The van der Waals surface area contributed by atoms with E-state index in [2.05, 4.69) is 59.2 Å². The van der Waals surface area contributed by atoms with Crippen molar-refractivity contribution in [3.8, 4) is 17.1 Å². The monoisotopic (exact) mass is 714 g/mol. The number of anilines is 2. The van der Waals surface area contributed by atoms with E-state index in [1.165, 1.54) is 24.3 Å². The molecular formula is C39H47FN6O4S. The van der Waals surface area contributed by atoms with Crippen molar-refractivity contribution < 1.29 is 22.3 Å². The van der Waals surface area contributed by atoms with Crippen LogP contribution >= 0.6 is 0 Å². The molecule has 2 aromatic heterocycles. The first-order valence-corrected chi connectivity index (χ1v) is 18.9. The first kappa shape index (κ1) is 36.2. The number of hydrogen-bond acceptors (Lipinski definition) is 8. The Morgan fingerprint density at radius 1 is 1.00 bits per heavy atom. The molecule has 1 N–H and O–H groups in total. The van der Waals surface area contributed by atoms with Crippen LogP contribution in [0.3, 0.4) is 0 Å². The molecule has 12 heteroatoms. The third-order valence-corrected chi connectivity index (χ3v) is 11.1. The average molecular weight is 715 g/mol. The number of carbonyl (C=O) groups excluding carboxylic acids is 1. The highest BCUT2D eigenvalue weighted by atomic mass is 32.2. The lowest BCUT2D eigenvalue weighted by molar-refractivity contribution is 0.0506. The third-order valence-electron chi connectivity index (χ3n) is 9.74. The largest absolute Gasteiger partial charge is 0.475 e. The molecule has 4 heterocycles. The first-order valence-electron chi connectivity index (χ1n) is 17.4. The first-order chi connectivity index (χ1) is 24.0. The molecule has 2 aromatic carbocycles. The van der Waals surface area contributed by atoms with Crippen LogP contribution in [0.2, 0.25) is 0 Å². The number of piperidine rings is 1. The topological polar surface area (TPSA) is 118 Å². The zero-order valence-electron chi connectivity index (χ0n) is 30.5. The third kappa shape index (κ3) is 8.32. The predicted octanol–water partition coefficient (Wildman–Crippen LogP) is 7.56. The number of aryl methyl sites for hydroxylation is 2. The number of pyridine rings is 1. The number of nitrogens with one attached hydrogen (secondary N) is 1. The van der Waals surface area contributed by atoms with E-state index in [1.54, 1.807) is 23.2 Å². The van der Waals surface area contributed by atoms with Crippen LogP contribution in [-0.4, -0.2) is 59.9 Å². The number of nitrogens with zero attached hydrogens (tertiary/aromatic N) is 5. The van der Waals surface area contributed by atoms with Gasteiger partial charge in [-0.1, -0.05) is 58.9 Å². The van der Waals surface area contributed by atoms with Crippen LogP contribution in [0.1, 0.15) is 81.1 Å². The van der Waals surface area contributed by atoms with Crippen molar-refractivity contribution >= 4 is 27.6 Å². The van der Waals surface area contributed by atoms with Crippen LogP contribution < -0.4 is 14.4 Å². The Kier molecular flexibility index (Phi) is 9.84. The molecule has 0 unspecified atom stereocenters. The zero-order chi connectivity index (χ0) is 36.7. The molecule has 0 saturated carbocycles. The molecule has 1 amide bonds. The van der Waals surface area contributed by atoms with Gasteiger partial charge in [-0.2, -0.15) is 4.98 Å². The molecule has 270 valence electrons. The van der Waals surface area contributed by atoms with Crippen molar-refractivity contribution in [2.45, 2.75) is 85.2 Å². The Balaban J connectivity index is 1.43. The van der Waals surface area contributed by atoms with Crippen LogP contribution in [-0.2, 0) is 16.6 Å². The predicted molar refractivity (Wildman–Crippen MR) is 197 cm³/mol. The maximum absolute atomic E-state index is 16.0. The molecule has 4 aromatic rings. The summed E-state index contributed by atoms with van der Waals surface area (Å²) in [4.78, 5) is 31.6. The SMILES string of the molecule is Cc1cccc(C)c1-c1cc2nc(n1)NS(=O)(=O)c1cccc(c1)C(=O)N(Cc1ncc(N3CCC(C)(C)CC3)cc1F)[C@H](CC(C)(C)C)CO2. The van der Waals surface area contributed by atoms with Gasteiger partial charge in [-0.15, -0.1) is 0 Å². The minimum atomic E-state index is -4.23. The van der Waals surface area contributed by atoms with E-state index in [-0.39, 0.29) is 52.0 Å². The molecule has 1 atom stereocenters. The molecule has 1 fully saturated rings. The van der Waals surface area contributed by atoms with Crippen LogP contribution in [0.5, 0.6) is 5.88 Å². The molecule has 51 heavy (non-hydrogen) atoms. The van der Waals surface area contributed by atoms with Gasteiger partial charge in [0, 0.05) is 36.3 Å². The molecular weight excluding hydrogens is 668 g/mol. The molecule has 0 radical (unpaired) electrons. The lowest BCUT2D eigenvalue weighted by atomic mass is 9.82. The number of halogens is 1. The van der Waals surface area contributed by atoms with Gasteiger partial charge >= 0.3 is 0 Å². The Morgan fingerprint density at radius 3 is 2.35 bits per heavy atom. The van der Waals surface area contributed by atoms with Crippen LogP contribution in [0, 0.1) is 30.5 Å². The zero-order valence-corrected chi connectivity index (χ0v) is 31.3. The van der Waals surface area contributed by atoms with Gasteiger partial charge in [0.1, 0.15) is 12.4 Å². The summed E-state index contributed by atoms with van der Waals surface area (Å²) in [6.07, 6.45) is 4.15. The number of benzene rings is 2. The van der Waals surface area contributed by atoms with E-state index < -0.39 is 27.8 Å². The molecule has 2 aliphatic rings. The van der Waals surface area contributed by atoms with Crippen molar-refractivity contribution in [1.82, 2.24) is 19.9 Å². The van der Waals surface area contributed by atoms with E-state index in [0.717, 1.165) is 42.6 Å². The molecule has 6 rings (SSSR count). The second-order valence-corrected chi connectivity index (χ2v) is 17.4. The lowest BCUT2D eigenvalue weighted by Gasteiger charge is -2.38. The van der Waals surface area contributed by atoms with Gasteiger partial charge in [0.05, 0.1) is 40.8 Å². The molecule has 2 aliphatic heterocycles. The Bertz CT molecular complexity index is 2030. The summed E-state index contributed by atoms with van der Waals surface area (Å²) in [5, 5.41) is 0. The Labute approximate surface area is 300 Å². The van der Waals surface area contributed by atoms with Crippen molar-refractivity contribution in [2.75, 3.05) is 29.3 Å². The highest BCUT2D eigenvalue weighted by molar-refractivity contribution is 7.92. The van der Waals surface area contributed by atoms with Crippen molar-refractivity contribution in [2.24, 2.45) is 10.8 Å². The second-order valence-electron chi connectivity index (χ2n) is 15.8. The van der Waals surface area contributed by atoms with Crippen molar-refractivity contribution in [3.05, 3.63) is 89.0 Å². The Hall–Kier alpha value is -4.58. The van der Waals surface area contributed by atoms with Crippen LogP contribution in [0.15, 0.2) is 65.7 Å². The standard InChI is InChI=1S/C39H47FN6O4S/c1-25-10-8-11-26(2)35(25)32-20-34-43-37(42-32)44-51(48,49)30-13-9-12-27(18-30)36(47)46(29(24-50-34)21-38(3,4)5)23-33-31(40)19-28(22-41-33)45-16-14-39(6,7)15-17-45/h8-13,18-20,22,29H,14-17,21,23-24H2,1-7H3,(H,42,43,44)/t29-/m1/s1. The van der Waals surface area contributed by atoms with Gasteiger partial charge in [-0.3, -0.25) is 9.78 Å². The molecule has 0 spiro atoms. The fourth-order valence-electron chi connectivity index (χ4n) is 6.82. The fraction of sp³-hybridized carbons (Fsp3) is 0.436. The van der Waals surface area contributed by atoms with E-state index in [1.807, 2.05) is 32.0 Å². The van der Waals surface area contributed by atoms with Crippen LogP contribution in [0.4, 0.5) is 16.0 Å². The molecule has 1 saturated heterocycles. The second kappa shape index (κ2) is 13.9. The van der Waals surface area contributed by atoms with Crippen molar-refractivity contribution in [3.63, 3.8) is 0 Å². The van der Waals surface area contributed by atoms with Gasteiger partial charge < -0.3 is 14.5 Å². The number of amides is 1. The summed E-state index contributed by atoms with van der Waals surface area (Å²) in [5.74, 6) is -1.01. The number of carbonyl (C=O) groups is 1. The summed E-state index contributed by atoms with van der Waals surface area (Å²) in [6, 6.07) is 14.3. The Morgan fingerprint density at radius 2 is 1.69 bits per heavy atom. The van der Waals surface area contributed by atoms with E-state index in [9.17, 15) is 13.2 Å². The number of rotatable bonds is 5. The lowest BCUT2D eigenvalue weighted by Crippen LogP contribution is -2.45. The van der Waals surface area contributed by atoms with Gasteiger partial charge in [0.15, 0.2) is 0 Å². The van der Waals surface area contributed by atoms with E-state index >= 15 is 4.39 Å². The smallest absolute Gasteiger partial charge is 0.264 e. The van der Waals surface area contributed by atoms with Gasteiger partial charge in [-0.25, -0.2) is 22.5 Å². The summed E-state index contributed by atoms with van der Waals surface area (Å²) < 4.78 is 52.2. The number of aromatic nitrogens is 3. The van der Waals surface area contributed by atoms with E-state index in [0.29, 0.717) is 17.8 Å². The van der Waals surface area contributed by atoms with E-state index in [4.69, 9.17) is 4.74 Å². The highest BCUT2D eigenvalue weighted by Gasteiger charge is 2.33.